The molecule has 0 radical (unpaired) electrons. The van der Waals surface area contributed by atoms with Gasteiger partial charge in [0.1, 0.15) is 0 Å². The van der Waals surface area contributed by atoms with E-state index >= 15 is 0 Å². The number of aromatic nitrogens is 1. The van der Waals surface area contributed by atoms with Crippen molar-refractivity contribution in [2.45, 2.75) is 16.2 Å². The van der Waals surface area contributed by atoms with Crippen LogP contribution >= 0.6 is 23.1 Å². The van der Waals surface area contributed by atoms with Crippen molar-refractivity contribution in [3.05, 3.63) is 35.3 Å². The second kappa shape index (κ2) is 6.59. The molecule has 2 rings (SSSR count). The van der Waals surface area contributed by atoms with Crippen molar-refractivity contribution in [2.24, 2.45) is 0 Å². The Hall–Kier alpha value is -1.38. The van der Waals surface area contributed by atoms with Gasteiger partial charge in [0.15, 0.2) is 14.2 Å². The van der Waals surface area contributed by atoms with Gasteiger partial charge in [-0.3, -0.25) is 4.79 Å². The molecule has 1 aromatic carbocycles. The van der Waals surface area contributed by atoms with Gasteiger partial charge in [-0.1, -0.05) is 23.9 Å². The van der Waals surface area contributed by atoms with Gasteiger partial charge in [0, 0.05) is 17.3 Å². The molecular weight excluding hydrogens is 328 g/mol. The molecule has 1 aromatic heterocycles. The number of nitrogens with one attached hydrogen (secondary N) is 1. The summed E-state index contributed by atoms with van der Waals surface area (Å²) in [5, 5.41) is 4.55. The zero-order chi connectivity index (χ0) is 15.5. The summed E-state index contributed by atoms with van der Waals surface area (Å²) in [7, 11) is -3.37. The molecule has 1 heterocycles. The molecule has 0 aliphatic carbocycles. The zero-order valence-electron chi connectivity index (χ0n) is 11.5. The summed E-state index contributed by atoms with van der Waals surface area (Å²) in [5.74, 6) is -0.0747. The minimum absolute atomic E-state index is 0.119. The smallest absolute Gasteiger partial charge is 0.234 e. The Kier molecular flexibility index (Phi) is 5.02. The highest BCUT2D eigenvalue weighted by molar-refractivity contribution is 8.01. The van der Waals surface area contributed by atoms with Crippen molar-refractivity contribution in [1.82, 2.24) is 4.98 Å². The average Bonchev–Trinajstić information content (AvgIpc) is 2.82. The van der Waals surface area contributed by atoms with E-state index in [-0.39, 0.29) is 16.6 Å². The number of benzene rings is 1. The molecule has 0 atom stereocenters. The molecule has 0 fully saturated rings. The third kappa shape index (κ3) is 4.55. The molecule has 0 spiro atoms. The van der Waals surface area contributed by atoms with E-state index in [4.69, 9.17) is 0 Å². The normalized spacial score (nSPS) is 11.3. The van der Waals surface area contributed by atoms with Gasteiger partial charge in [0.25, 0.3) is 0 Å². The number of aryl methyl sites for hydroxylation is 1. The Labute approximate surface area is 131 Å². The number of sulfone groups is 1. The van der Waals surface area contributed by atoms with Crippen LogP contribution < -0.4 is 5.32 Å². The highest BCUT2D eigenvalue weighted by Crippen LogP contribution is 2.24. The molecular formula is C13H14N2O3S3. The minimum atomic E-state index is -3.37. The first-order chi connectivity index (χ1) is 9.86. The molecule has 0 saturated carbocycles. The Morgan fingerprint density at radius 1 is 1.38 bits per heavy atom. The lowest BCUT2D eigenvalue weighted by Crippen LogP contribution is -2.16. The lowest BCUT2D eigenvalue weighted by atomic mass is 10.3. The fourth-order valence-corrected chi connectivity index (χ4v) is 4.10. The number of nitrogens with zero attached hydrogens (tertiary/aromatic N) is 1. The van der Waals surface area contributed by atoms with Gasteiger partial charge in [-0.25, -0.2) is 13.4 Å². The van der Waals surface area contributed by atoms with Crippen LogP contribution in [0.2, 0.25) is 0 Å². The lowest BCUT2D eigenvalue weighted by molar-refractivity contribution is -0.113. The summed E-state index contributed by atoms with van der Waals surface area (Å²) in [4.78, 5) is 16.3. The maximum atomic E-state index is 11.9. The van der Waals surface area contributed by atoms with Gasteiger partial charge < -0.3 is 5.32 Å². The third-order valence-corrected chi connectivity index (χ3v) is 5.78. The van der Waals surface area contributed by atoms with Crippen molar-refractivity contribution in [2.75, 3.05) is 17.3 Å². The van der Waals surface area contributed by atoms with E-state index in [0.29, 0.717) is 5.69 Å². The number of carbonyl (C=O) groups excluding carboxylic acids is 1. The summed E-state index contributed by atoms with van der Waals surface area (Å²) in [5.41, 5.74) is 1.23. The summed E-state index contributed by atoms with van der Waals surface area (Å²) in [6, 6.07) is 6.36. The standard InChI is InChI=1S/C13H14N2O3S3/c1-9-7-19-13(14-9)20-8-12(16)15-10-5-3-4-6-11(10)21(2,17)18/h3-7H,8H2,1-2H3,(H,15,16). The van der Waals surface area contributed by atoms with Crippen LogP contribution in [0.15, 0.2) is 38.9 Å². The SMILES string of the molecule is Cc1csc(SCC(=O)Nc2ccccc2S(C)(=O)=O)n1. The number of anilines is 1. The van der Waals surface area contributed by atoms with Crippen LogP contribution in [0.3, 0.4) is 0 Å². The highest BCUT2D eigenvalue weighted by atomic mass is 32.2. The summed E-state index contributed by atoms with van der Waals surface area (Å²) >= 11 is 2.81. The molecule has 0 aliphatic heterocycles. The van der Waals surface area contributed by atoms with Crippen LogP contribution in [0.25, 0.3) is 0 Å². The molecule has 0 unspecified atom stereocenters. The summed E-state index contributed by atoms with van der Waals surface area (Å²) < 4.78 is 24.1. The lowest BCUT2D eigenvalue weighted by Gasteiger charge is -2.09. The number of para-hydroxylation sites is 1. The average molecular weight is 342 g/mol. The molecule has 0 saturated heterocycles. The second-order valence-electron chi connectivity index (χ2n) is 4.36. The molecule has 5 nitrogen and oxygen atoms in total. The molecule has 1 amide bonds. The zero-order valence-corrected chi connectivity index (χ0v) is 13.9. The highest BCUT2D eigenvalue weighted by Gasteiger charge is 2.14. The fraction of sp³-hybridized carbons (Fsp3) is 0.231. The van der Waals surface area contributed by atoms with E-state index in [1.807, 2.05) is 12.3 Å². The van der Waals surface area contributed by atoms with Gasteiger partial charge in [-0.2, -0.15) is 0 Å². The molecule has 1 N–H and O–H groups in total. The number of hydrogen-bond acceptors (Lipinski definition) is 6. The molecule has 0 bridgehead atoms. The van der Waals surface area contributed by atoms with Crippen LogP contribution in [0.1, 0.15) is 5.69 Å². The van der Waals surface area contributed by atoms with Crippen molar-refractivity contribution in [1.29, 1.82) is 0 Å². The van der Waals surface area contributed by atoms with Crippen molar-refractivity contribution in [3.63, 3.8) is 0 Å². The van der Waals surface area contributed by atoms with Crippen LogP contribution in [0.5, 0.6) is 0 Å². The Balaban J connectivity index is 2.03. The van der Waals surface area contributed by atoms with Crippen molar-refractivity contribution in [3.8, 4) is 0 Å². The van der Waals surface area contributed by atoms with Gasteiger partial charge >= 0.3 is 0 Å². The number of rotatable bonds is 5. The van der Waals surface area contributed by atoms with Gasteiger partial charge in [0.2, 0.25) is 5.91 Å². The van der Waals surface area contributed by atoms with Gasteiger partial charge in [-0.05, 0) is 19.1 Å². The Morgan fingerprint density at radius 3 is 2.71 bits per heavy atom. The van der Waals surface area contributed by atoms with Crippen LogP contribution in [0.4, 0.5) is 5.69 Å². The van der Waals surface area contributed by atoms with E-state index in [1.54, 1.807) is 18.2 Å². The predicted molar refractivity (Wildman–Crippen MR) is 85.8 cm³/mol. The number of carbonyl (C=O) groups is 1. The van der Waals surface area contributed by atoms with Gasteiger partial charge in [-0.15, -0.1) is 11.3 Å². The van der Waals surface area contributed by atoms with Crippen molar-refractivity contribution < 1.29 is 13.2 Å². The van der Waals surface area contributed by atoms with Crippen molar-refractivity contribution >= 4 is 44.5 Å². The molecule has 8 heteroatoms. The summed E-state index contributed by atoms with van der Waals surface area (Å²) in [6.07, 6.45) is 1.12. The maximum Gasteiger partial charge on any atom is 0.234 e. The number of amides is 1. The molecule has 112 valence electrons. The van der Waals surface area contributed by atoms with Crippen LogP contribution in [-0.2, 0) is 14.6 Å². The number of thioether (sulfide) groups is 1. The maximum absolute atomic E-state index is 11.9. The number of hydrogen-bond donors (Lipinski definition) is 1. The van der Waals surface area contributed by atoms with Gasteiger partial charge in [0.05, 0.1) is 16.3 Å². The van der Waals surface area contributed by atoms with E-state index < -0.39 is 9.84 Å². The quantitative estimate of drug-likeness (QED) is 0.845. The second-order valence-corrected chi connectivity index (χ2v) is 8.42. The Morgan fingerprint density at radius 2 is 2.10 bits per heavy atom. The topological polar surface area (TPSA) is 76.1 Å². The largest absolute Gasteiger partial charge is 0.324 e. The minimum Gasteiger partial charge on any atom is -0.324 e. The first kappa shape index (κ1) is 16.0. The first-order valence-electron chi connectivity index (χ1n) is 6.00. The van der Waals surface area contributed by atoms with E-state index in [9.17, 15) is 13.2 Å². The van der Waals surface area contributed by atoms with E-state index in [0.717, 1.165) is 16.3 Å². The molecule has 21 heavy (non-hydrogen) atoms. The predicted octanol–water partition coefficient (Wildman–Crippen LogP) is 2.59. The first-order valence-corrected chi connectivity index (χ1v) is 9.76. The van der Waals surface area contributed by atoms with Crippen LogP contribution in [0, 0.1) is 6.92 Å². The fourth-order valence-electron chi connectivity index (χ4n) is 1.61. The number of thiazole rings is 1. The Bertz CT molecular complexity index is 754. The molecule has 0 aliphatic rings. The van der Waals surface area contributed by atoms with E-state index in [2.05, 4.69) is 10.3 Å². The third-order valence-electron chi connectivity index (χ3n) is 2.49. The summed E-state index contributed by atoms with van der Waals surface area (Å²) in [6.45, 7) is 1.89. The van der Waals surface area contributed by atoms with E-state index in [1.165, 1.54) is 29.2 Å². The monoisotopic (exact) mass is 342 g/mol. The molecule has 2 aromatic rings. The van der Waals surface area contributed by atoms with Crippen LogP contribution in [-0.4, -0.2) is 31.3 Å².